The molecule has 3 aromatic rings. The lowest BCUT2D eigenvalue weighted by molar-refractivity contribution is -0.135. The first-order chi connectivity index (χ1) is 15.7. The molecular formula is C24H21N3O5S. The highest BCUT2D eigenvalue weighted by Crippen LogP contribution is 2.36. The Morgan fingerprint density at radius 3 is 2.27 bits per heavy atom. The number of carbonyl (C=O) groups excluding carboxylic acids is 1. The summed E-state index contributed by atoms with van der Waals surface area (Å²) in [5.74, 6) is -2.05. The van der Waals surface area contributed by atoms with Crippen molar-refractivity contribution in [2.75, 3.05) is 22.4 Å². The Labute approximate surface area is 191 Å². The Kier molecular flexibility index (Phi) is 5.97. The SMILES string of the molecule is CS(=O)(=O)N(CC(=O)O)c1ccc(N=C(c2ccccc2)C2C(=O)Nc3ccccc32)cc1. The van der Waals surface area contributed by atoms with Gasteiger partial charge in [0.1, 0.15) is 12.5 Å². The Morgan fingerprint density at radius 1 is 1.00 bits per heavy atom. The van der Waals surface area contributed by atoms with Crippen molar-refractivity contribution in [3.8, 4) is 0 Å². The molecule has 0 aliphatic carbocycles. The molecule has 168 valence electrons. The molecule has 9 heteroatoms. The number of carboxylic acids is 1. The standard InChI is InChI=1S/C24H21N3O5S/c1-33(31,32)27(15-21(28)29)18-13-11-17(12-14-18)25-23(16-7-3-2-4-8-16)22-19-9-5-6-10-20(19)26-24(22)30/h2-14,22H,15H2,1H3,(H,26,30)(H,28,29). The average molecular weight is 464 g/mol. The summed E-state index contributed by atoms with van der Waals surface area (Å²) >= 11 is 0. The fourth-order valence-electron chi connectivity index (χ4n) is 3.74. The van der Waals surface area contributed by atoms with E-state index in [0.717, 1.165) is 27.4 Å². The molecule has 4 rings (SSSR count). The van der Waals surface area contributed by atoms with Gasteiger partial charge in [-0.05, 0) is 41.5 Å². The second-order valence-electron chi connectivity index (χ2n) is 7.55. The number of aliphatic carboxylic acids is 1. The lowest BCUT2D eigenvalue weighted by atomic mass is 9.90. The summed E-state index contributed by atoms with van der Waals surface area (Å²) in [6.45, 7) is -0.685. The number of anilines is 2. The molecule has 2 N–H and O–H groups in total. The van der Waals surface area contributed by atoms with E-state index in [9.17, 15) is 18.0 Å². The zero-order valence-corrected chi connectivity index (χ0v) is 18.5. The summed E-state index contributed by atoms with van der Waals surface area (Å²) in [6.07, 6.45) is 0.950. The normalized spacial score (nSPS) is 15.6. The number of aliphatic imine (C=N–C) groups is 1. The van der Waals surface area contributed by atoms with E-state index >= 15 is 0 Å². The first kappa shape index (κ1) is 22.2. The number of para-hydroxylation sites is 1. The van der Waals surface area contributed by atoms with Gasteiger partial charge in [0.25, 0.3) is 0 Å². The molecular weight excluding hydrogens is 442 g/mol. The minimum absolute atomic E-state index is 0.180. The number of hydrogen-bond acceptors (Lipinski definition) is 5. The predicted molar refractivity (Wildman–Crippen MR) is 127 cm³/mol. The average Bonchev–Trinajstić information content (AvgIpc) is 3.12. The molecule has 3 aromatic carbocycles. The molecule has 1 atom stereocenters. The van der Waals surface area contributed by atoms with Crippen LogP contribution in [0.1, 0.15) is 17.0 Å². The maximum atomic E-state index is 12.9. The van der Waals surface area contributed by atoms with Crippen LogP contribution in [0.5, 0.6) is 0 Å². The lowest BCUT2D eigenvalue weighted by Gasteiger charge is -2.20. The molecule has 1 aliphatic rings. The Morgan fingerprint density at radius 2 is 1.64 bits per heavy atom. The molecule has 0 saturated heterocycles. The van der Waals surface area contributed by atoms with Crippen molar-refractivity contribution in [2.45, 2.75) is 5.92 Å². The quantitative estimate of drug-likeness (QED) is 0.521. The molecule has 1 unspecified atom stereocenters. The van der Waals surface area contributed by atoms with Crippen molar-refractivity contribution < 1.29 is 23.1 Å². The second-order valence-corrected chi connectivity index (χ2v) is 9.46. The molecule has 1 heterocycles. The number of rotatable bonds is 7. The Hall–Kier alpha value is -3.98. The van der Waals surface area contributed by atoms with Crippen LogP contribution in [-0.2, 0) is 19.6 Å². The largest absolute Gasteiger partial charge is 0.480 e. The second kappa shape index (κ2) is 8.87. The molecule has 0 radical (unpaired) electrons. The van der Waals surface area contributed by atoms with Gasteiger partial charge in [0.2, 0.25) is 15.9 Å². The molecule has 33 heavy (non-hydrogen) atoms. The van der Waals surface area contributed by atoms with Crippen LogP contribution in [0.25, 0.3) is 0 Å². The Bertz CT molecular complexity index is 1340. The van der Waals surface area contributed by atoms with Crippen molar-refractivity contribution in [2.24, 2.45) is 4.99 Å². The molecule has 8 nitrogen and oxygen atoms in total. The van der Waals surface area contributed by atoms with Crippen molar-refractivity contribution in [3.63, 3.8) is 0 Å². The molecule has 0 spiro atoms. The molecule has 0 saturated carbocycles. The van der Waals surface area contributed by atoms with Gasteiger partial charge in [0.05, 0.1) is 23.3 Å². The van der Waals surface area contributed by atoms with Crippen LogP contribution in [0.2, 0.25) is 0 Å². The van der Waals surface area contributed by atoms with Crippen molar-refractivity contribution >= 4 is 44.7 Å². The molecule has 1 aliphatic heterocycles. The zero-order chi connectivity index (χ0) is 23.6. The first-order valence-corrected chi connectivity index (χ1v) is 11.9. The zero-order valence-electron chi connectivity index (χ0n) is 17.7. The Balaban J connectivity index is 1.77. The van der Waals surface area contributed by atoms with Gasteiger partial charge in [-0.3, -0.25) is 18.9 Å². The van der Waals surface area contributed by atoms with Gasteiger partial charge in [0, 0.05) is 5.69 Å². The van der Waals surface area contributed by atoms with Gasteiger partial charge >= 0.3 is 5.97 Å². The van der Waals surface area contributed by atoms with Crippen LogP contribution in [0.4, 0.5) is 17.1 Å². The molecule has 0 bridgehead atoms. The number of sulfonamides is 1. The van der Waals surface area contributed by atoms with Crippen LogP contribution >= 0.6 is 0 Å². The minimum Gasteiger partial charge on any atom is -0.480 e. The van der Waals surface area contributed by atoms with Gasteiger partial charge in [-0.2, -0.15) is 0 Å². The van der Waals surface area contributed by atoms with Crippen LogP contribution in [0.3, 0.4) is 0 Å². The first-order valence-electron chi connectivity index (χ1n) is 10.1. The van der Waals surface area contributed by atoms with E-state index in [1.54, 1.807) is 12.1 Å². The van der Waals surface area contributed by atoms with Gasteiger partial charge < -0.3 is 10.4 Å². The van der Waals surface area contributed by atoms with E-state index < -0.39 is 28.5 Å². The predicted octanol–water partition coefficient (Wildman–Crippen LogP) is 3.39. The monoisotopic (exact) mass is 463 g/mol. The minimum atomic E-state index is -3.78. The van der Waals surface area contributed by atoms with E-state index in [1.807, 2.05) is 54.6 Å². The van der Waals surface area contributed by atoms with Gasteiger partial charge in [-0.15, -0.1) is 0 Å². The topological polar surface area (TPSA) is 116 Å². The highest BCUT2D eigenvalue weighted by Gasteiger charge is 2.35. The van der Waals surface area contributed by atoms with E-state index in [1.165, 1.54) is 12.1 Å². The number of fused-ring (bicyclic) bond motifs is 1. The molecule has 0 aromatic heterocycles. The number of nitrogens with one attached hydrogen (secondary N) is 1. The number of carboxylic acid groups (broad SMARTS) is 1. The summed E-state index contributed by atoms with van der Waals surface area (Å²) in [7, 11) is -3.78. The third-order valence-corrected chi connectivity index (χ3v) is 6.34. The maximum Gasteiger partial charge on any atom is 0.324 e. The van der Waals surface area contributed by atoms with E-state index in [2.05, 4.69) is 5.32 Å². The number of hydrogen-bond donors (Lipinski definition) is 2. The van der Waals surface area contributed by atoms with E-state index in [4.69, 9.17) is 10.1 Å². The summed E-state index contributed by atoms with van der Waals surface area (Å²) < 4.78 is 24.9. The number of nitrogens with zero attached hydrogens (tertiary/aromatic N) is 2. The van der Waals surface area contributed by atoms with Crippen molar-refractivity contribution in [1.82, 2.24) is 0 Å². The fraction of sp³-hybridized carbons (Fsp3) is 0.125. The van der Waals surface area contributed by atoms with Crippen LogP contribution in [-0.4, -0.2) is 43.9 Å². The van der Waals surface area contributed by atoms with Gasteiger partial charge in [-0.25, -0.2) is 8.42 Å². The van der Waals surface area contributed by atoms with Gasteiger partial charge in [0.15, 0.2) is 0 Å². The van der Waals surface area contributed by atoms with Crippen LogP contribution < -0.4 is 9.62 Å². The molecule has 1 amide bonds. The highest BCUT2D eigenvalue weighted by molar-refractivity contribution is 7.92. The van der Waals surface area contributed by atoms with E-state index in [-0.39, 0.29) is 11.6 Å². The summed E-state index contributed by atoms with van der Waals surface area (Å²) in [5.41, 5.74) is 3.61. The van der Waals surface area contributed by atoms with Gasteiger partial charge in [-0.1, -0.05) is 48.5 Å². The van der Waals surface area contributed by atoms with Crippen molar-refractivity contribution in [3.05, 3.63) is 90.0 Å². The third kappa shape index (κ3) is 4.78. The van der Waals surface area contributed by atoms with E-state index in [0.29, 0.717) is 11.4 Å². The number of benzene rings is 3. The summed E-state index contributed by atoms with van der Waals surface area (Å²) in [6, 6.07) is 23.0. The van der Waals surface area contributed by atoms with Crippen LogP contribution in [0, 0.1) is 0 Å². The number of amides is 1. The molecule has 0 fully saturated rings. The van der Waals surface area contributed by atoms with Crippen molar-refractivity contribution in [1.29, 1.82) is 0 Å². The summed E-state index contributed by atoms with van der Waals surface area (Å²) in [4.78, 5) is 28.7. The maximum absolute atomic E-state index is 12.9. The van der Waals surface area contributed by atoms with Crippen LogP contribution in [0.15, 0.2) is 83.9 Å². The summed E-state index contributed by atoms with van der Waals surface area (Å²) in [5, 5.41) is 12.0. The smallest absolute Gasteiger partial charge is 0.324 e. The third-order valence-electron chi connectivity index (χ3n) is 5.20. The lowest BCUT2D eigenvalue weighted by Crippen LogP contribution is -2.34. The highest BCUT2D eigenvalue weighted by atomic mass is 32.2. The number of carbonyl (C=O) groups is 2. The fourth-order valence-corrected chi connectivity index (χ4v) is 4.59.